The van der Waals surface area contributed by atoms with E-state index in [9.17, 15) is 19.7 Å². The Labute approximate surface area is 193 Å². The van der Waals surface area contributed by atoms with Crippen molar-refractivity contribution in [3.05, 3.63) is 70.0 Å². The number of anilines is 3. The van der Waals surface area contributed by atoms with E-state index in [2.05, 4.69) is 25.6 Å². The van der Waals surface area contributed by atoms with Gasteiger partial charge in [0.25, 0.3) is 11.6 Å². The second kappa shape index (κ2) is 10.7. The number of benzene rings is 2. The molecule has 0 unspecified atom stereocenters. The number of esters is 1. The van der Waals surface area contributed by atoms with Crippen molar-refractivity contribution >= 4 is 35.1 Å². The molecule has 0 aliphatic heterocycles. The lowest BCUT2D eigenvalue weighted by Gasteiger charge is -2.14. The molecule has 13 nitrogen and oxygen atoms in total. The van der Waals surface area contributed by atoms with Gasteiger partial charge in [0.05, 0.1) is 17.7 Å². The van der Waals surface area contributed by atoms with Gasteiger partial charge in [0.15, 0.2) is 12.4 Å². The molecule has 1 amide bonds. The Morgan fingerprint density at radius 2 is 1.91 bits per heavy atom. The van der Waals surface area contributed by atoms with Gasteiger partial charge in [0.1, 0.15) is 11.8 Å². The first-order valence-electron chi connectivity index (χ1n) is 9.89. The maximum Gasteiger partial charge on any atom is 0.328 e. The molecule has 1 atom stereocenters. The fraction of sp³-hybridized carbons (Fsp3) is 0.190. The van der Waals surface area contributed by atoms with E-state index in [4.69, 9.17) is 15.2 Å². The number of nitro benzene ring substituents is 1. The second-order valence-corrected chi connectivity index (χ2v) is 6.87. The van der Waals surface area contributed by atoms with Gasteiger partial charge in [0.2, 0.25) is 11.9 Å². The van der Waals surface area contributed by atoms with E-state index in [1.54, 1.807) is 24.3 Å². The highest BCUT2D eigenvalue weighted by Gasteiger charge is 2.20. The van der Waals surface area contributed by atoms with Crippen molar-refractivity contribution in [1.82, 2.24) is 20.3 Å². The predicted molar refractivity (Wildman–Crippen MR) is 120 cm³/mol. The number of carbonyl (C=O) groups excluding carboxylic acids is 2. The van der Waals surface area contributed by atoms with Crippen molar-refractivity contribution in [2.24, 2.45) is 0 Å². The van der Waals surface area contributed by atoms with Gasteiger partial charge in [-0.3, -0.25) is 14.9 Å². The molecule has 3 aromatic rings. The summed E-state index contributed by atoms with van der Waals surface area (Å²) < 4.78 is 10.4. The first-order valence-corrected chi connectivity index (χ1v) is 9.89. The zero-order valence-electron chi connectivity index (χ0n) is 18.2. The monoisotopic (exact) mass is 467 g/mol. The van der Waals surface area contributed by atoms with Crippen LogP contribution in [0.5, 0.6) is 5.75 Å². The van der Waals surface area contributed by atoms with Gasteiger partial charge in [0, 0.05) is 17.7 Å². The van der Waals surface area contributed by atoms with Crippen LogP contribution in [0.15, 0.2) is 48.5 Å². The number of carbonyl (C=O) groups is 2. The third kappa shape index (κ3) is 6.12. The SMILES string of the molecule is COc1ccccc1Nc1nc(N)nc(COC(=O)[C@H](C)NC(=O)c2cccc([N+](=O)[O-])c2)n1. The standard InChI is InChI=1S/C21H21N7O6/c1-12(23-18(29)13-6-5-7-14(10-13)28(31)32)19(30)34-11-17-25-20(22)27-21(26-17)24-15-8-3-4-9-16(15)33-2/h3-10,12H,11H2,1-2H3,(H,23,29)(H3,22,24,25,26,27)/t12-/m0/s1. The molecule has 0 aliphatic carbocycles. The summed E-state index contributed by atoms with van der Waals surface area (Å²) in [6.45, 7) is 1.08. The summed E-state index contributed by atoms with van der Waals surface area (Å²) in [4.78, 5) is 47.0. The topological polar surface area (TPSA) is 184 Å². The van der Waals surface area contributed by atoms with Crippen LogP contribution in [0, 0.1) is 10.1 Å². The number of nitrogen functional groups attached to an aromatic ring is 1. The van der Waals surface area contributed by atoms with E-state index in [0.29, 0.717) is 11.4 Å². The normalized spacial score (nSPS) is 11.2. The number of para-hydroxylation sites is 2. The average molecular weight is 467 g/mol. The Balaban J connectivity index is 1.61. The van der Waals surface area contributed by atoms with Crippen LogP contribution < -0.4 is 21.1 Å². The molecule has 176 valence electrons. The van der Waals surface area contributed by atoms with Crippen molar-refractivity contribution in [2.45, 2.75) is 19.6 Å². The summed E-state index contributed by atoms with van der Waals surface area (Å²) in [6.07, 6.45) is 0. The van der Waals surface area contributed by atoms with Crippen molar-refractivity contribution < 1.29 is 24.0 Å². The van der Waals surface area contributed by atoms with Crippen LogP contribution in [-0.4, -0.2) is 44.9 Å². The summed E-state index contributed by atoms with van der Waals surface area (Å²) in [5.41, 5.74) is 6.12. The number of amides is 1. The molecular formula is C21H21N7O6. The highest BCUT2D eigenvalue weighted by molar-refractivity contribution is 5.97. The summed E-state index contributed by atoms with van der Waals surface area (Å²) in [5.74, 6) is -0.767. The summed E-state index contributed by atoms with van der Waals surface area (Å²) in [7, 11) is 1.52. The van der Waals surface area contributed by atoms with Crippen LogP contribution in [0.3, 0.4) is 0 Å². The van der Waals surface area contributed by atoms with Crippen molar-refractivity contribution in [3.8, 4) is 5.75 Å². The third-order valence-electron chi connectivity index (χ3n) is 4.42. The van der Waals surface area contributed by atoms with E-state index >= 15 is 0 Å². The quantitative estimate of drug-likeness (QED) is 0.237. The number of nitro groups is 1. The zero-order valence-corrected chi connectivity index (χ0v) is 18.2. The molecule has 4 N–H and O–H groups in total. The Morgan fingerprint density at radius 1 is 1.15 bits per heavy atom. The van der Waals surface area contributed by atoms with Gasteiger partial charge in [-0.15, -0.1) is 0 Å². The van der Waals surface area contributed by atoms with E-state index in [-0.39, 0.29) is 35.6 Å². The Hall–Kier alpha value is -4.81. The molecule has 3 rings (SSSR count). The largest absolute Gasteiger partial charge is 0.495 e. The second-order valence-electron chi connectivity index (χ2n) is 6.87. The van der Waals surface area contributed by atoms with Crippen LogP contribution in [0.2, 0.25) is 0 Å². The smallest absolute Gasteiger partial charge is 0.328 e. The maximum absolute atomic E-state index is 12.3. The van der Waals surface area contributed by atoms with Crippen LogP contribution in [0.1, 0.15) is 23.1 Å². The Morgan fingerprint density at radius 3 is 2.65 bits per heavy atom. The van der Waals surface area contributed by atoms with Gasteiger partial charge in [-0.1, -0.05) is 18.2 Å². The molecule has 2 aromatic carbocycles. The molecule has 0 bridgehead atoms. The lowest BCUT2D eigenvalue weighted by Crippen LogP contribution is -2.39. The number of rotatable bonds is 9. The number of nitrogens with zero attached hydrogens (tertiary/aromatic N) is 4. The minimum Gasteiger partial charge on any atom is -0.495 e. The average Bonchev–Trinajstić information content (AvgIpc) is 2.82. The number of aromatic nitrogens is 3. The Kier molecular flexibility index (Phi) is 7.48. The van der Waals surface area contributed by atoms with E-state index in [1.807, 2.05) is 0 Å². The summed E-state index contributed by atoms with van der Waals surface area (Å²) >= 11 is 0. The number of non-ortho nitro benzene ring substituents is 1. The number of hydrogen-bond acceptors (Lipinski definition) is 11. The molecule has 34 heavy (non-hydrogen) atoms. The molecule has 0 spiro atoms. The van der Waals surface area contributed by atoms with Gasteiger partial charge in [-0.05, 0) is 25.1 Å². The van der Waals surface area contributed by atoms with Crippen molar-refractivity contribution in [1.29, 1.82) is 0 Å². The van der Waals surface area contributed by atoms with Crippen LogP contribution in [0.4, 0.5) is 23.3 Å². The van der Waals surface area contributed by atoms with Crippen LogP contribution in [0.25, 0.3) is 0 Å². The zero-order chi connectivity index (χ0) is 24.7. The number of nitrogens with one attached hydrogen (secondary N) is 2. The fourth-order valence-electron chi connectivity index (χ4n) is 2.79. The van der Waals surface area contributed by atoms with Crippen molar-refractivity contribution in [3.63, 3.8) is 0 Å². The highest BCUT2D eigenvalue weighted by Crippen LogP contribution is 2.25. The van der Waals surface area contributed by atoms with Crippen LogP contribution >= 0.6 is 0 Å². The number of nitrogens with two attached hydrogens (primary N) is 1. The van der Waals surface area contributed by atoms with E-state index in [0.717, 1.165) is 6.07 Å². The third-order valence-corrected chi connectivity index (χ3v) is 4.42. The van der Waals surface area contributed by atoms with E-state index in [1.165, 1.54) is 32.2 Å². The first-order chi connectivity index (χ1) is 16.3. The van der Waals surface area contributed by atoms with Crippen LogP contribution in [-0.2, 0) is 16.1 Å². The summed E-state index contributed by atoms with van der Waals surface area (Å²) in [5, 5.41) is 16.3. The number of ether oxygens (including phenoxy) is 2. The molecule has 0 fully saturated rings. The molecule has 0 aliphatic rings. The molecule has 1 heterocycles. The molecule has 0 radical (unpaired) electrons. The fourth-order valence-corrected chi connectivity index (χ4v) is 2.79. The summed E-state index contributed by atoms with van der Waals surface area (Å²) in [6, 6.07) is 11.2. The van der Waals surface area contributed by atoms with Gasteiger partial charge >= 0.3 is 5.97 Å². The Bertz CT molecular complexity index is 1220. The molecule has 1 aromatic heterocycles. The predicted octanol–water partition coefficient (Wildman–Crippen LogP) is 1.98. The van der Waals surface area contributed by atoms with Gasteiger partial charge in [-0.25, -0.2) is 4.79 Å². The minimum atomic E-state index is -1.04. The van der Waals surface area contributed by atoms with E-state index < -0.39 is 22.8 Å². The first kappa shape index (κ1) is 23.8. The maximum atomic E-state index is 12.3. The molecule has 13 heteroatoms. The van der Waals surface area contributed by atoms with Gasteiger partial charge in [-0.2, -0.15) is 15.0 Å². The molecule has 0 saturated heterocycles. The molecular weight excluding hydrogens is 446 g/mol. The lowest BCUT2D eigenvalue weighted by molar-refractivity contribution is -0.384. The minimum absolute atomic E-state index is 0.0335. The number of methoxy groups -OCH3 is 1. The van der Waals surface area contributed by atoms with Crippen molar-refractivity contribution in [2.75, 3.05) is 18.2 Å². The number of hydrogen-bond donors (Lipinski definition) is 3. The lowest BCUT2D eigenvalue weighted by atomic mass is 10.2. The highest BCUT2D eigenvalue weighted by atomic mass is 16.6. The van der Waals surface area contributed by atoms with Gasteiger partial charge < -0.3 is 25.8 Å². The molecule has 0 saturated carbocycles.